The van der Waals surface area contributed by atoms with Crippen molar-refractivity contribution in [3.8, 4) is 0 Å². The number of hydrogen-bond acceptors (Lipinski definition) is 1. The third kappa shape index (κ3) is 3.73. The molecule has 0 bridgehead atoms. The van der Waals surface area contributed by atoms with Crippen LogP contribution >= 0.6 is 11.6 Å². The van der Waals surface area contributed by atoms with E-state index in [1.807, 2.05) is 0 Å². The SMILES string of the molecule is CCC(C)c1ccc(NCc2ccc(F)cc2Cl)cc1. The molecule has 0 spiro atoms. The van der Waals surface area contributed by atoms with Crippen molar-refractivity contribution in [1.82, 2.24) is 0 Å². The maximum absolute atomic E-state index is 13.0. The number of hydrogen-bond donors (Lipinski definition) is 1. The highest BCUT2D eigenvalue weighted by atomic mass is 35.5. The first-order valence-corrected chi connectivity index (χ1v) is 7.25. The van der Waals surface area contributed by atoms with Gasteiger partial charge in [0.15, 0.2) is 0 Å². The fourth-order valence-corrected chi connectivity index (χ4v) is 2.26. The summed E-state index contributed by atoms with van der Waals surface area (Å²) < 4.78 is 13.0. The van der Waals surface area contributed by atoms with Gasteiger partial charge >= 0.3 is 0 Å². The van der Waals surface area contributed by atoms with Crippen molar-refractivity contribution >= 4 is 17.3 Å². The predicted octanol–water partition coefficient (Wildman–Crippen LogP) is 5.60. The molecule has 1 N–H and O–H groups in total. The molecule has 0 aliphatic heterocycles. The van der Waals surface area contributed by atoms with Gasteiger partial charge in [-0.3, -0.25) is 0 Å². The van der Waals surface area contributed by atoms with Crippen LogP contribution in [0.25, 0.3) is 0 Å². The molecule has 2 aromatic carbocycles. The molecule has 1 unspecified atom stereocenters. The third-order valence-corrected chi connectivity index (χ3v) is 3.94. The Morgan fingerprint density at radius 2 is 1.85 bits per heavy atom. The van der Waals surface area contributed by atoms with E-state index in [0.717, 1.165) is 17.7 Å². The zero-order chi connectivity index (χ0) is 14.5. The maximum Gasteiger partial charge on any atom is 0.124 e. The molecule has 2 aromatic rings. The highest BCUT2D eigenvalue weighted by Gasteiger charge is 2.04. The normalized spacial score (nSPS) is 12.2. The molecule has 1 atom stereocenters. The molecule has 0 aromatic heterocycles. The van der Waals surface area contributed by atoms with Crippen LogP contribution in [0.5, 0.6) is 0 Å². The second kappa shape index (κ2) is 6.76. The lowest BCUT2D eigenvalue weighted by Crippen LogP contribution is -2.01. The molecular formula is C17H19ClFN. The predicted molar refractivity (Wildman–Crippen MR) is 83.9 cm³/mol. The van der Waals surface area contributed by atoms with Crippen molar-refractivity contribution in [1.29, 1.82) is 0 Å². The molecule has 0 fully saturated rings. The minimum absolute atomic E-state index is 0.309. The van der Waals surface area contributed by atoms with Gasteiger partial charge in [-0.2, -0.15) is 0 Å². The molecule has 20 heavy (non-hydrogen) atoms. The second-order valence-electron chi connectivity index (χ2n) is 5.02. The maximum atomic E-state index is 13.0. The van der Waals surface area contributed by atoms with E-state index in [-0.39, 0.29) is 5.82 Å². The van der Waals surface area contributed by atoms with Crippen LogP contribution in [0.3, 0.4) is 0 Å². The van der Waals surface area contributed by atoms with Crippen LogP contribution in [0.4, 0.5) is 10.1 Å². The van der Waals surface area contributed by atoms with Crippen LogP contribution in [-0.2, 0) is 6.54 Å². The molecule has 0 amide bonds. The fraction of sp³-hybridized carbons (Fsp3) is 0.294. The molecular weight excluding hydrogens is 273 g/mol. The Kier molecular flexibility index (Phi) is 5.02. The number of benzene rings is 2. The Morgan fingerprint density at radius 1 is 1.15 bits per heavy atom. The number of halogens is 2. The van der Waals surface area contributed by atoms with Gasteiger partial charge in [-0.25, -0.2) is 4.39 Å². The Balaban J connectivity index is 2.00. The van der Waals surface area contributed by atoms with Gasteiger partial charge < -0.3 is 5.32 Å². The fourth-order valence-electron chi connectivity index (χ4n) is 2.03. The van der Waals surface area contributed by atoms with Gasteiger partial charge in [0, 0.05) is 17.3 Å². The monoisotopic (exact) mass is 291 g/mol. The topological polar surface area (TPSA) is 12.0 Å². The molecule has 2 rings (SSSR count). The van der Waals surface area contributed by atoms with Gasteiger partial charge in [-0.15, -0.1) is 0 Å². The van der Waals surface area contributed by atoms with Crippen molar-refractivity contribution < 1.29 is 4.39 Å². The number of anilines is 1. The van der Waals surface area contributed by atoms with Crippen molar-refractivity contribution in [2.75, 3.05) is 5.32 Å². The quantitative estimate of drug-likeness (QED) is 0.755. The summed E-state index contributed by atoms with van der Waals surface area (Å²) in [6.07, 6.45) is 1.14. The van der Waals surface area contributed by atoms with E-state index in [0.29, 0.717) is 17.5 Å². The van der Waals surface area contributed by atoms with Crippen LogP contribution in [0.2, 0.25) is 5.02 Å². The van der Waals surface area contributed by atoms with Crippen molar-refractivity contribution in [3.63, 3.8) is 0 Å². The summed E-state index contributed by atoms with van der Waals surface area (Å²) in [5, 5.41) is 3.75. The van der Waals surface area contributed by atoms with Crippen molar-refractivity contribution in [2.45, 2.75) is 32.7 Å². The average molecular weight is 292 g/mol. The van der Waals surface area contributed by atoms with E-state index in [9.17, 15) is 4.39 Å². The summed E-state index contributed by atoms with van der Waals surface area (Å²) in [7, 11) is 0. The molecule has 1 nitrogen and oxygen atoms in total. The molecule has 0 saturated carbocycles. The van der Waals surface area contributed by atoms with E-state index in [1.165, 1.54) is 17.7 Å². The van der Waals surface area contributed by atoms with Gasteiger partial charge in [0.25, 0.3) is 0 Å². The Labute approximate surface area is 124 Å². The van der Waals surface area contributed by atoms with Crippen LogP contribution in [-0.4, -0.2) is 0 Å². The zero-order valence-electron chi connectivity index (χ0n) is 11.8. The van der Waals surface area contributed by atoms with Crippen molar-refractivity contribution in [3.05, 3.63) is 64.4 Å². The average Bonchev–Trinajstić information content (AvgIpc) is 2.46. The summed E-state index contributed by atoms with van der Waals surface area (Å²) in [6, 6.07) is 12.9. The van der Waals surface area contributed by atoms with Crippen LogP contribution in [0, 0.1) is 5.82 Å². The molecule has 0 heterocycles. The standard InChI is InChI=1S/C17H19ClFN/c1-3-12(2)13-5-8-16(9-6-13)20-11-14-4-7-15(19)10-17(14)18/h4-10,12,20H,3,11H2,1-2H3. The largest absolute Gasteiger partial charge is 0.381 e. The van der Waals surface area contributed by atoms with Crippen molar-refractivity contribution in [2.24, 2.45) is 0 Å². The molecule has 3 heteroatoms. The van der Waals surface area contributed by atoms with Gasteiger partial charge in [-0.05, 0) is 47.7 Å². The molecule has 0 saturated heterocycles. The van der Waals surface area contributed by atoms with Gasteiger partial charge in [0.2, 0.25) is 0 Å². The summed E-state index contributed by atoms with van der Waals surface area (Å²) >= 11 is 6.00. The Bertz CT molecular complexity index is 566. The lowest BCUT2D eigenvalue weighted by Gasteiger charge is -2.11. The van der Waals surface area contributed by atoms with E-state index < -0.39 is 0 Å². The third-order valence-electron chi connectivity index (χ3n) is 3.59. The Morgan fingerprint density at radius 3 is 2.45 bits per heavy atom. The molecule has 0 aliphatic carbocycles. The number of rotatable bonds is 5. The Hall–Kier alpha value is -1.54. The second-order valence-corrected chi connectivity index (χ2v) is 5.43. The lowest BCUT2D eigenvalue weighted by molar-refractivity contribution is 0.627. The summed E-state index contributed by atoms with van der Waals surface area (Å²) in [6.45, 7) is 5.00. The van der Waals surface area contributed by atoms with Crippen LogP contribution < -0.4 is 5.32 Å². The summed E-state index contributed by atoms with van der Waals surface area (Å²) in [5.74, 6) is 0.271. The zero-order valence-corrected chi connectivity index (χ0v) is 12.5. The minimum Gasteiger partial charge on any atom is -0.381 e. The van der Waals surface area contributed by atoms with Gasteiger partial charge in [0.1, 0.15) is 5.82 Å². The first kappa shape index (κ1) is 14.9. The minimum atomic E-state index is -0.309. The summed E-state index contributed by atoms with van der Waals surface area (Å²) in [4.78, 5) is 0. The van der Waals surface area contributed by atoms with Gasteiger partial charge in [-0.1, -0.05) is 43.6 Å². The van der Waals surface area contributed by atoms with Crippen LogP contribution in [0.15, 0.2) is 42.5 Å². The van der Waals surface area contributed by atoms with E-state index >= 15 is 0 Å². The van der Waals surface area contributed by atoms with Gasteiger partial charge in [0.05, 0.1) is 0 Å². The summed E-state index contributed by atoms with van der Waals surface area (Å²) in [5.41, 5.74) is 3.27. The smallest absolute Gasteiger partial charge is 0.124 e. The van der Waals surface area contributed by atoms with Crippen LogP contribution in [0.1, 0.15) is 37.3 Å². The highest BCUT2D eigenvalue weighted by Crippen LogP contribution is 2.22. The van der Waals surface area contributed by atoms with E-state index in [4.69, 9.17) is 11.6 Å². The van der Waals surface area contributed by atoms with E-state index in [1.54, 1.807) is 6.07 Å². The highest BCUT2D eigenvalue weighted by molar-refractivity contribution is 6.31. The van der Waals surface area contributed by atoms with E-state index in [2.05, 4.69) is 43.4 Å². The lowest BCUT2D eigenvalue weighted by atomic mass is 9.99. The molecule has 106 valence electrons. The molecule has 0 aliphatic rings. The first-order chi connectivity index (χ1) is 9.60. The number of nitrogens with one attached hydrogen (secondary N) is 1. The molecule has 0 radical (unpaired) electrons. The first-order valence-electron chi connectivity index (χ1n) is 6.88.